The highest BCUT2D eigenvalue weighted by Crippen LogP contribution is 2.25. The van der Waals surface area contributed by atoms with Crippen molar-refractivity contribution < 1.29 is 5.11 Å². The molecule has 0 radical (unpaired) electrons. The van der Waals surface area contributed by atoms with Crippen molar-refractivity contribution in [3.05, 3.63) is 41.2 Å². The molecule has 1 heterocycles. The number of alkyl halides is 1. The Kier molecular flexibility index (Phi) is 3.24. The van der Waals surface area contributed by atoms with Gasteiger partial charge in [0, 0.05) is 10.7 Å². The molecular weight excluding hydrogens is 277 g/mol. The summed E-state index contributed by atoms with van der Waals surface area (Å²) in [6.07, 6.45) is -0.618. The van der Waals surface area contributed by atoms with Crippen LogP contribution in [-0.4, -0.2) is 15.4 Å². The first kappa shape index (κ1) is 10.9. The number of hydrogen-bond acceptors (Lipinski definition) is 2. The fourth-order valence-corrected chi connectivity index (χ4v) is 2.03. The van der Waals surface area contributed by atoms with Crippen molar-refractivity contribution >= 4 is 38.3 Å². The standard InChI is InChI=1S/C11H9BrClNO/c12-6-10(15)9-5-7-3-1-2-4-8(7)11(13)14-9/h1-5,10,15H,6H2. The van der Waals surface area contributed by atoms with Crippen molar-refractivity contribution in [1.82, 2.24) is 4.98 Å². The van der Waals surface area contributed by atoms with Gasteiger partial charge in [-0.05, 0) is 11.5 Å². The topological polar surface area (TPSA) is 33.1 Å². The number of aliphatic hydroxyl groups excluding tert-OH is 1. The van der Waals surface area contributed by atoms with Gasteiger partial charge >= 0.3 is 0 Å². The van der Waals surface area contributed by atoms with Crippen LogP contribution in [0.1, 0.15) is 11.8 Å². The second-order valence-electron chi connectivity index (χ2n) is 3.23. The molecule has 0 saturated carbocycles. The molecule has 2 nitrogen and oxygen atoms in total. The van der Waals surface area contributed by atoms with Crippen LogP contribution in [0, 0.1) is 0 Å². The monoisotopic (exact) mass is 285 g/mol. The average Bonchev–Trinajstić information content (AvgIpc) is 2.28. The van der Waals surface area contributed by atoms with Gasteiger partial charge in [0.2, 0.25) is 0 Å². The smallest absolute Gasteiger partial charge is 0.137 e. The van der Waals surface area contributed by atoms with Crippen LogP contribution < -0.4 is 0 Å². The number of halogens is 2. The van der Waals surface area contributed by atoms with Crippen molar-refractivity contribution in [2.45, 2.75) is 6.10 Å². The third-order valence-electron chi connectivity index (χ3n) is 2.20. The van der Waals surface area contributed by atoms with Crippen molar-refractivity contribution in [2.24, 2.45) is 0 Å². The second kappa shape index (κ2) is 4.47. The fourth-order valence-electron chi connectivity index (χ4n) is 1.43. The van der Waals surface area contributed by atoms with Crippen LogP contribution in [0.5, 0.6) is 0 Å². The van der Waals surface area contributed by atoms with Gasteiger partial charge < -0.3 is 5.11 Å². The molecule has 1 atom stereocenters. The molecule has 1 N–H and O–H groups in total. The highest BCUT2D eigenvalue weighted by atomic mass is 79.9. The Morgan fingerprint density at radius 1 is 1.40 bits per heavy atom. The van der Waals surface area contributed by atoms with Gasteiger partial charge in [0.25, 0.3) is 0 Å². The Balaban J connectivity index is 2.62. The van der Waals surface area contributed by atoms with E-state index in [-0.39, 0.29) is 0 Å². The minimum Gasteiger partial charge on any atom is -0.386 e. The largest absolute Gasteiger partial charge is 0.386 e. The molecule has 78 valence electrons. The number of benzene rings is 1. The van der Waals surface area contributed by atoms with Crippen LogP contribution in [-0.2, 0) is 0 Å². The number of fused-ring (bicyclic) bond motifs is 1. The first-order valence-electron chi connectivity index (χ1n) is 4.51. The van der Waals surface area contributed by atoms with Gasteiger partial charge in [-0.3, -0.25) is 0 Å². The first-order chi connectivity index (χ1) is 7.22. The third-order valence-corrected chi connectivity index (χ3v) is 3.10. The summed E-state index contributed by atoms with van der Waals surface area (Å²) in [5.74, 6) is 0. The van der Waals surface area contributed by atoms with E-state index in [0.29, 0.717) is 16.2 Å². The lowest BCUT2D eigenvalue weighted by molar-refractivity contribution is 0.200. The van der Waals surface area contributed by atoms with E-state index in [1.54, 1.807) is 0 Å². The number of aliphatic hydroxyl groups is 1. The van der Waals surface area contributed by atoms with E-state index in [9.17, 15) is 5.11 Å². The average molecular weight is 287 g/mol. The Hall–Kier alpha value is -0.640. The molecule has 1 aromatic carbocycles. The molecule has 1 unspecified atom stereocenters. The first-order valence-corrected chi connectivity index (χ1v) is 6.01. The van der Waals surface area contributed by atoms with E-state index in [2.05, 4.69) is 20.9 Å². The van der Waals surface area contributed by atoms with E-state index in [1.165, 1.54) is 0 Å². The lowest BCUT2D eigenvalue weighted by Crippen LogP contribution is -2.01. The van der Waals surface area contributed by atoms with Crippen LogP contribution in [0.25, 0.3) is 10.8 Å². The van der Waals surface area contributed by atoms with Gasteiger partial charge in [-0.1, -0.05) is 51.8 Å². The molecule has 0 fully saturated rings. The quantitative estimate of drug-likeness (QED) is 0.678. The highest BCUT2D eigenvalue weighted by molar-refractivity contribution is 9.09. The summed E-state index contributed by atoms with van der Waals surface area (Å²) in [6, 6.07) is 9.56. The minimum atomic E-state index is -0.618. The molecule has 0 saturated heterocycles. The lowest BCUT2D eigenvalue weighted by atomic mass is 10.1. The molecule has 4 heteroatoms. The summed E-state index contributed by atoms with van der Waals surface area (Å²) in [5.41, 5.74) is 0.593. The molecule has 0 bridgehead atoms. The number of aromatic nitrogens is 1. The molecule has 1 aromatic heterocycles. The molecular formula is C11H9BrClNO. The Morgan fingerprint density at radius 3 is 2.87 bits per heavy atom. The molecule has 0 aliphatic heterocycles. The predicted molar refractivity (Wildman–Crippen MR) is 65.5 cm³/mol. The number of nitrogens with zero attached hydrogens (tertiary/aromatic N) is 1. The summed E-state index contributed by atoms with van der Waals surface area (Å²) in [5, 5.41) is 12.4. The van der Waals surface area contributed by atoms with Crippen molar-refractivity contribution in [2.75, 3.05) is 5.33 Å². The van der Waals surface area contributed by atoms with Crippen LogP contribution in [0.3, 0.4) is 0 Å². The highest BCUT2D eigenvalue weighted by Gasteiger charge is 2.10. The summed E-state index contributed by atoms with van der Waals surface area (Å²) in [6.45, 7) is 0. The van der Waals surface area contributed by atoms with Crippen molar-refractivity contribution in [3.63, 3.8) is 0 Å². The predicted octanol–water partition coefficient (Wildman–Crippen LogP) is 3.32. The zero-order valence-corrected chi connectivity index (χ0v) is 10.2. The number of hydrogen-bond donors (Lipinski definition) is 1. The van der Waals surface area contributed by atoms with Crippen LogP contribution in [0.15, 0.2) is 30.3 Å². The van der Waals surface area contributed by atoms with Gasteiger partial charge in [-0.15, -0.1) is 0 Å². The third kappa shape index (κ3) is 2.14. The van der Waals surface area contributed by atoms with Gasteiger partial charge in [-0.25, -0.2) is 4.98 Å². The zero-order valence-electron chi connectivity index (χ0n) is 7.82. The Labute approximate surface area is 101 Å². The number of rotatable bonds is 2. The molecule has 0 amide bonds. The molecule has 2 rings (SSSR count). The normalized spacial score (nSPS) is 13.0. The van der Waals surface area contributed by atoms with E-state index in [4.69, 9.17) is 11.6 Å². The molecule has 2 aromatic rings. The van der Waals surface area contributed by atoms with Gasteiger partial charge in [-0.2, -0.15) is 0 Å². The van der Waals surface area contributed by atoms with Gasteiger partial charge in [0.15, 0.2) is 0 Å². The van der Waals surface area contributed by atoms with E-state index < -0.39 is 6.10 Å². The molecule has 15 heavy (non-hydrogen) atoms. The molecule has 0 aliphatic rings. The lowest BCUT2D eigenvalue weighted by Gasteiger charge is -2.08. The van der Waals surface area contributed by atoms with Gasteiger partial charge in [0.05, 0.1) is 5.69 Å². The summed E-state index contributed by atoms with van der Waals surface area (Å²) < 4.78 is 0. The van der Waals surface area contributed by atoms with Crippen molar-refractivity contribution in [1.29, 1.82) is 0 Å². The van der Waals surface area contributed by atoms with Crippen LogP contribution >= 0.6 is 27.5 Å². The van der Waals surface area contributed by atoms with E-state index in [1.807, 2.05) is 30.3 Å². The second-order valence-corrected chi connectivity index (χ2v) is 4.23. The summed E-state index contributed by atoms with van der Waals surface area (Å²) in [4.78, 5) is 4.16. The SMILES string of the molecule is OC(CBr)c1cc2ccccc2c(Cl)n1. The van der Waals surface area contributed by atoms with E-state index >= 15 is 0 Å². The van der Waals surface area contributed by atoms with Crippen molar-refractivity contribution in [3.8, 4) is 0 Å². The van der Waals surface area contributed by atoms with Gasteiger partial charge in [0.1, 0.15) is 11.3 Å². The summed E-state index contributed by atoms with van der Waals surface area (Å²) >= 11 is 9.23. The Bertz CT molecular complexity index is 489. The minimum absolute atomic E-state index is 0.433. The van der Waals surface area contributed by atoms with Crippen LogP contribution in [0.2, 0.25) is 5.15 Å². The maximum Gasteiger partial charge on any atom is 0.137 e. The fraction of sp³-hybridized carbons (Fsp3) is 0.182. The molecule has 0 spiro atoms. The van der Waals surface area contributed by atoms with E-state index in [0.717, 1.165) is 10.8 Å². The maximum atomic E-state index is 9.65. The number of pyridine rings is 1. The maximum absolute atomic E-state index is 9.65. The summed E-state index contributed by atoms with van der Waals surface area (Å²) in [7, 11) is 0. The van der Waals surface area contributed by atoms with Crippen LogP contribution in [0.4, 0.5) is 0 Å². The zero-order chi connectivity index (χ0) is 10.8. The molecule has 0 aliphatic carbocycles. The Morgan fingerprint density at radius 2 is 2.13 bits per heavy atom.